The van der Waals surface area contributed by atoms with Gasteiger partial charge in [-0.15, -0.1) is 16.8 Å². The van der Waals surface area contributed by atoms with Crippen molar-refractivity contribution in [3.63, 3.8) is 0 Å². The Kier molecular flexibility index (Phi) is 5.97. The van der Waals surface area contributed by atoms with Crippen LogP contribution in [0.2, 0.25) is 0 Å². The summed E-state index contributed by atoms with van der Waals surface area (Å²) in [6.07, 6.45) is 1.76. The van der Waals surface area contributed by atoms with Crippen LogP contribution in [0.1, 0.15) is 26.6 Å². The lowest BCUT2D eigenvalue weighted by Gasteiger charge is -2.27. The average Bonchev–Trinajstić information content (AvgIpc) is 2.78. The van der Waals surface area contributed by atoms with Gasteiger partial charge in [0.2, 0.25) is 5.91 Å². The number of allylic oxidation sites excluding steroid dienone is 1. The lowest BCUT2D eigenvalue weighted by Crippen LogP contribution is -2.49. The van der Waals surface area contributed by atoms with Crippen molar-refractivity contribution in [1.29, 1.82) is 5.26 Å². The zero-order valence-corrected chi connectivity index (χ0v) is 13.7. The number of carbonyl (C=O) groups excluding carboxylic acids is 1. The van der Waals surface area contributed by atoms with Crippen molar-refractivity contribution in [3.8, 4) is 6.07 Å². The van der Waals surface area contributed by atoms with Gasteiger partial charge in [-0.3, -0.25) is 4.79 Å². The molecule has 0 saturated carbocycles. The van der Waals surface area contributed by atoms with Gasteiger partial charge in [-0.1, -0.05) is 31.7 Å². The maximum atomic E-state index is 12.0. The molecule has 0 aliphatic heterocycles. The molecule has 0 bridgehead atoms. The predicted molar refractivity (Wildman–Crippen MR) is 82.7 cm³/mol. The lowest BCUT2D eigenvalue weighted by atomic mass is 9.90. The van der Waals surface area contributed by atoms with Gasteiger partial charge in [0, 0.05) is 6.54 Å². The molecule has 114 valence electrons. The first-order valence-corrected chi connectivity index (χ1v) is 7.68. The summed E-state index contributed by atoms with van der Waals surface area (Å²) in [7, 11) is 0. The normalized spacial score (nSPS) is 13.5. The van der Waals surface area contributed by atoms with Gasteiger partial charge in [-0.25, -0.2) is 0 Å². The minimum Gasteiger partial charge on any atom is -0.337 e. The lowest BCUT2D eigenvalue weighted by molar-refractivity contribution is -0.120. The van der Waals surface area contributed by atoms with Gasteiger partial charge in [0.15, 0.2) is 5.16 Å². The van der Waals surface area contributed by atoms with Crippen LogP contribution in [0, 0.1) is 24.2 Å². The molecule has 0 aromatic carbocycles. The van der Waals surface area contributed by atoms with Crippen LogP contribution in [0.5, 0.6) is 0 Å². The second kappa shape index (κ2) is 7.27. The van der Waals surface area contributed by atoms with E-state index in [0.29, 0.717) is 11.7 Å². The predicted octanol–water partition coefficient (Wildman–Crippen LogP) is 1.92. The number of rotatable bonds is 7. The molecule has 1 atom stereocenters. The van der Waals surface area contributed by atoms with E-state index in [9.17, 15) is 10.1 Å². The number of nitrogens with one attached hydrogen (secondary N) is 1. The van der Waals surface area contributed by atoms with Crippen molar-refractivity contribution >= 4 is 17.7 Å². The number of nitrogens with zero attached hydrogens (tertiary/aromatic N) is 4. The zero-order valence-electron chi connectivity index (χ0n) is 12.9. The topological polar surface area (TPSA) is 83.6 Å². The molecule has 0 aliphatic carbocycles. The van der Waals surface area contributed by atoms with Crippen molar-refractivity contribution in [1.82, 2.24) is 20.1 Å². The SMILES string of the molecule is C=CCn1c(C)nnc1SCC(=O)NC(C)(C#N)C(C)C. The van der Waals surface area contributed by atoms with Crippen LogP contribution in [0.3, 0.4) is 0 Å². The quantitative estimate of drug-likeness (QED) is 0.614. The highest BCUT2D eigenvalue weighted by Crippen LogP contribution is 2.19. The molecule has 0 saturated heterocycles. The molecule has 0 fully saturated rings. The number of thioether (sulfide) groups is 1. The van der Waals surface area contributed by atoms with Gasteiger partial charge < -0.3 is 9.88 Å². The third-order valence-corrected chi connectivity index (χ3v) is 4.30. The number of amides is 1. The van der Waals surface area contributed by atoms with E-state index in [1.54, 1.807) is 13.0 Å². The second-order valence-corrected chi connectivity index (χ2v) is 6.18. The average molecular weight is 307 g/mol. The van der Waals surface area contributed by atoms with Gasteiger partial charge in [-0.2, -0.15) is 5.26 Å². The molecule has 1 aromatic heterocycles. The van der Waals surface area contributed by atoms with Crippen molar-refractivity contribution in [2.75, 3.05) is 5.75 Å². The fourth-order valence-electron chi connectivity index (χ4n) is 1.56. The number of hydrogen-bond donors (Lipinski definition) is 1. The monoisotopic (exact) mass is 307 g/mol. The van der Waals surface area contributed by atoms with E-state index < -0.39 is 5.54 Å². The van der Waals surface area contributed by atoms with E-state index in [-0.39, 0.29) is 17.6 Å². The maximum absolute atomic E-state index is 12.0. The summed E-state index contributed by atoms with van der Waals surface area (Å²) in [6, 6.07) is 2.16. The van der Waals surface area contributed by atoms with Crippen LogP contribution in [0.4, 0.5) is 0 Å². The molecule has 1 rings (SSSR count). The largest absolute Gasteiger partial charge is 0.337 e. The Morgan fingerprint density at radius 1 is 1.62 bits per heavy atom. The molecule has 6 nitrogen and oxygen atoms in total. The molecule has 0 spiro atoms. The summed E-state index contributed by atoms with van der Waals surface area (Å²) >= 11 is 1.30. The molecule has 1 heterocycles. The van der Waals surface area contributed by atoms with Crippen molar-refractivity contribution in [2.24, 2.45) is 5.92 Å². The van der Waals surface area contributed by atoms with E-state index in [1.807, 2.05) is 25.3 Å². The maximum Gasteiger partial charge on any atom is 0.231 e. The number of carbonyl (C=O) groups is 1. The summed E-state index contributed by atoms with van der Waals surface area (Å²) in [6.45, 7) is 11.7. The highest BCUT2D eigenvalue weighted by Gasteiger charge is 2.30. The molecular formula is C14H21N5OS. The van der Waals surface area contributed by atoms with E-state index in [2.05, 4.69) is 28.2 Å². The van der Waals surface area contributed by atoms with Gasteiger partial charge in [0.1, 0.15) is 11.4 Å². The fourth-order valence-corrected chi connectivity index (χ4v) is 2.36. The van der Waals surface area contributed by atoms with Crippen LogP contribution in [-0.2, 0) is 11.3 Å². The minimum atomic E-state index is -0.859. The number of aryl methyl sites for hydroxylation is 1. The minimum absolute atomic E-state index is 0.0307. The molecule has 0 radical (unpaired) electrons. The summed E-state index contributed by atoms with van der Waals surface area (Å²) in [5.41, 5.74) is -0.859. The standard InChI is InChI=1S/C14H21N5OS/c1-6-7-19-11(4)17-18-13(19)21-8-12(20)16-14(5,9-15)10(2)3/h6,10H,1,7-8H2,2-5H3,(H,16,20). The molecule has 7 heteroatoms. The van der Waals surface area contributed by atoms with Crippen LogP contribution >= 0.6 is 11.8 Å². The second-order valence-electron chi connectivity index (χ2n) is 5.23. The van der Waals surface area contributed by atoms with Gasteiger partial charge in [0.05, 0.1) is 11.8 Å². The highest BCUT2D eigenvalue weighted by molar-refractivity contribution is 7.99. The van der Waals surface area contributed by atoms with Crippen LogP contribution in [-0.4, -0.2) is 32.0 Å². The Morgan fingerprint density at radius 2 is 2.29 bits per heavy atom. The van der Waals surface area contributed by atoms with Crippen LogP contribution in [0.25, 0.3) is 0 Å². The third-order valence-electron chi connectivity index (χ3n) is 3.33. The number of aromatic nitrogens is 3. The van der Waals surface area contributed by atoms with E-state index in [0.717, 1.165) is 5.82 Å². The van der Waals surface area contributed by atoms with E-state index in [4.69, 9.17) is 0 Å². The Hall–Kier alpha value is -1.81. The Bertz CT molecular complexity index is 560. The first-order valence-electron chi connectivity index (χ1n) is 6.69. The highest BCUT2D eigenvalue weighted by atomic mass is 32.2. The number of hydrogen-bond acceptors (Lipinski definition) is 5. The van der Waals surface area contributed by atoms with Crippen molar-refractivity contribution < 1.29 is 4.79 Å². The first kappa shape index (κ1) is 17.2. The van der Waals surface area contributed by atoms with Crippen molar-refractivity contribution in [2.45, 2.75) is 44.9 Å². The number of nitriles is 1. The zero-order chi connectivity index (χ0) is 16.0. The molecular weight excluding hydrogens is 286 g/mol. The third kappa shape index (κ3) is 4.33. The summed E-state index contributed by atoms with van der Waals surface area (Å²) in [5, 5.41) is 20.7. The first-order chi connectivity index (χ1) is 9.84. The summed E-state index contributed by atoms with van der Waals surface area (Å²) in [4.78, 5) is 12.0. The molecule has 1 N–H and O–H groups in total. The Morgan fingerprint density at radius 3 is 2.81 bits per heavy atom. The summed E-state index contributed by atoms with van der Waals surface area (Å²) in [5.74, 6) is 0.813. The molecule has 1 aromatic rings. The molecule has 21 heavy (non-hydrogen) atoms. The molecule has 1 unspecified atom stereocenters. The van der Waals surface area contributed by atoms with Crippen LogP contribution < -0.4 is 5.32 Å². The smallest absolute Gasteiger partial charge is 0.231 e. The molecule has 0 aliphatic rings. The van der Waals surface area contributed by atoms with Crippen molar-refractivity contribution in [3.05, 3.63) is 18.5 Å². The van der Waals surface area contributed by atoms with Gasteiger partial charge in [-0.05, 0) is 19.8 Å². The van der Waals surface area contributed by atoms with E-state index >= 15 is 0 Å². The van der Waals surface area contributed by atoms with Gasteiger partial charge >= 0.3 is 0 Å². The van der Waals surface area contributed by atoms with Gasteiger partial charge in [0.25, 0.3) is 0 Å². The molecule has 1 amide bonds. The Balaban J connectivity index is 2.66. The van der Waals surface area contributed by atoms with E-state index in [1.165, 1.54) is 11.8 Å². The van der Waals surface area contributed by atoms with Crippen LogP contribution in [0.15, 0.2) is 17.8 Å². The summed E-state index contributed by atoms with van der Waals surface area (Å²) < 4.78 is 1.89. The fraction of sp³-hybridized carbons (Fsp3) is 0.571. The Labute approximate surface area is 129 Å².